The molecule has 6 nitrogen and oxygen atoms in total. The molecule has 3 N–H and O–H groups in total. The first kappa shape index (κ1) is 15.9. The number of aromatic nitrogens is 2. The van der Waals surface area contributed by atoms with Crippen molar-refractivity contribution in [2.75, 3.05) is 26.2 Å². The van der Waals surface area contributed by atoms with Crippen LogP contribution in [0.4, 0.5) is 0 Å². The molecule has 6 heteroatoms. The number of nitrogens with zero attached hydrogens (tertiary/aromatic N) is 3. The van der Waals surface area contributed by atoms with E-state index in [-0.39, 0.29) is 0 Å². The minimum atomic E-state index is 0.353. The molecule has 130 valence electrons. The Kier molecular flexibility index (Phi) is 4.52. The summed E-state index contributed by atoms with van der Waals surface area (Å²) in [6.07, 6.45) is 7.87. The van der Waals surface area contributed by atoms with Crippen molar-refractivity contribution >= 4 is 11.0 Å². The summed E-state index contributed by atoms with van der Waals surface area (Å²) >= 11 is 0. The van der Waals surface area contributed by atoms with Gasteiger partial charge in [0.2, 0.25) is 0 Å². The first-order valence-electron chi connectivity index (χ1n) is 8.87. The van der Waals surface area contributed by atoms with Crippen molar-refractivity contribution in [2.24, 2.45) is 0 Å². The third kappa shape index (κ3) is 3.58. The lowest BCUT2D eigenvalue weighted by Crippen LogP contribution is -2.45. The second kappa shape index (κ2) is 7.11. The number of hydrogen-bond acceptors (Lipinski definition) is 6. The number of nitrogens with one attached hydrogen (secondary N) is 3. The molecule has 1 fully saturated rings. The molecule has 0 bridgehead atoms. The molecule has 2 aliphatic heterocycles. The zero-order chi connectivity index (χ0) is 17.1. The summed E-state index contributed by atoms with van der Waals surface area (Å²) in [5.41, 5.74) is 5.52. The maximum atomic E-state index is 4.39. The molecule has 3 heterocycles. The molecule has 1 unspecified atom stereocenters. The van der Waals surface area contributed by atoms with Gasteiger partial charge in [-0.3, -0.25) is 9.97 Å². The molecule has 1 aromatic heterocycles. The van der Waals surface area contributed by atoms with Crippen molar-refractivity contribution < 1.29 is 0 Å². The summed E-state index contributed by atoms with van der Waals surface area (Å²) in [6, 6.07) is 6.59. The average Bonchev–Trinajstić information content (AvgIpc) is 2.67. The van der Waals surface area contributed by atoms with Gasteiger partial charge in [-0.25, -0.2) is 0 Å². The zero-order valence-electron chi connectivity index (χ0n) is 14.5. The van der Waals surface area contributed by atoms with Gasteiger partial charge in [0, 0.05) is 57.4 Å². The predicted molar refractivity (Wildman–Crippen MR) is 99.6 cm³/mol. The molecule has 1 saturated heterocycles. The van der Waals surface area contributed by atoms with Crippen LogP contribution in [-0.2, 0) is 6.54 Å². The van der Waals surface area contributed by atoms with Gasteiger partial charge >= 0.3 is 0 Å². The highest BCUT2D eigenvalue weighted by Gasteiger charge is 2.20. The molecule has 2 aromatic rings. The fraction of sp³-hybridized carbons (Fsp3) is 0.368. The van der Waals surface area contributed by atoms with Crippen LogP contribution in [0.1, 0.15) is 12.5 Å². The van der Waals surface area contributed by atoms with Crippen LogP contribution in [0.3, 0.4) is 0 Å². The number of fused-ring (bicyclic) bond motifs is 1. The molecular formula is C19H24N6. The van der Waals surface area contributed by atoms with E-state index < -0.39 is 0 Å². The molecule has 2 aliphatic rings. The number of hydrogen-bond donors (Lipinski definition) is 3. The predicted octanol–water partition coefficient (Wildman–Crippen LogP) is 1.34. The molecule has 0 saturated carbocycles. The van der Waals surface area contributed by atoms with Crippen LogP contribution in [0.2, 0.25) is 0 Å². The summed E-state index contributed by atoms with van der Waals surface area (Å²) < 4.78 is 0. The molecular weight excluding hydrogens is 312 g/mol. The van der Waals surface area contributed by atoms with Crippen molar-refractivity contribution in [3.8, 4) is 0 Å². The standard InChI is InChI=1S/C19H24N6/c1-14-10-19(25-8-6-20-7-9-25)18(13-23-14)24-12-15-2-3-16-17(11-15)22-5-4-21-16/h2-5,10-11,13-14,20,23-24H,6-9,12H2,1H3. The van der Waals surface area contributed by atoms with Gasteiger partial charge in [-0.2, -0.15) is 0 Å². The Hall–Kier alpha value is -2.60. The Labute approximate surface area is 148 Å². The van der Waals surface area contributed by atoms with Gasteiger partial charge in [0.15, 0.2) is 0 Å². The van der Waals surface area contributed by atoms with E-state index in [0.29, 0.717) is 6.04 Å². The van der Waals surface area contributed by atoms with E-state index in [4.69, 9.17) is 0 Å². The number of benzene rings is 1. The first-order valence-corrected chi connectivity index (χ1v) is 8.87. The highest BCUT2D eigenvalue weighted by atomic mass is 15.2. The molecule has 25 heavy (non-hydrogen) atoms. The van der Waals surface area contributed by atoms with E-state index in [1.165, 1.54) is 11.3 Å². The normalized spacial score (nSPS) is 20.7. The monoisotopic (exact) mass is 336 g/mol. The van der Waals surface area contributed by atoms with E-state index >= 15 is 0 Å². The lowest BCUT2D eigenvalue weighted by molar-refractivity contribution is 0.297. The van der Waals surface area contributed by atoms with Crippen molar-refractivity contribution in [3.63, 3.8) is 0 Å². The number of rotatable bonds is 4. The van der Waals surface area contributed by atoms with Gasteiger partial charge in [0.05, 0.1) is 22.4 Å². The zero-order valence-corrected chi connectivity index (χ0v) is 14.5. The second-order valence-electron chi connectivity index (χ2n) is 6.54. The van der Waals surface area contributed by atoms with Crippen LogP contribution in [0.5, 0.6) is 0 Å². The van der Waals surface area contributed by atoms with Gasteiger partial charge < -0.3 is 20.9 Å². The summed E-state index contributed by atoms with van der Waals surface area (Å²) in [6.45, 7) is 7.10. The lowest BCUT2D eigenvalue weighted by Gasteiger charge is -2.35. The fourth-order valence-electron chi connectivity index (χ4n) is 3.30. The van der Waals surface area contributed by atoms with E-state index in [2.05, 4.69) is 62.2 Å². The Morgan fingerprint density at radius 3 is 2.80 bits per heavy atom. The largest absolute Gasteiger partial charge is 0.383 e. The molecule has 1 aromatic carbocycles. The number of piperazine rings is 1. The SMILES string of the molecule is CC1C=C(N2CCNCC2)C(NCc2ccc3nccnc3c2)=CN1. The Balaban J connectivity index is 1.48. The van der Waals surface area contributed by atoms with Crippen molar-refractivity contribution in [3.05, 3.63) is 59.8 Å². The van der Waals surface area contributed by atoms with Gasteiger partial charge in [0.1, 0.15) is 0 Å². The van der Waals surface area contributed by atoms with Crippen LogP contribution in [0.25, 0.3) is 11.0 Å². The van der Waals surface area contributed by atoms with Crippen LogP contribution in [0, 0.1) is 0 Å². The minimum Gasteiger partial charge on any atom is -0.383 e. The second-order valence-corrected chi connectivity index (χ2v) is 6.54. The van der Waals surface area contributed by atoms with Gasteiger partial charge in [-0.1, -0.05) is 6.07 Å². The Morgan fingerprint density at radius 2 is 1.96 bits per heavy atom. The summed E-state index contributed by atoms with van der Waals surface area (Å²) in [7, 11) is 0. The molecule has 0 radical (unpaired) electrons. The topological polar surface area (TPSA) is 65.1 Å². The first-order chi connectivity index (χ1) is 12.3. The van der Waals surface area contributed by atoms with Crippen molar-refractivity contribution in [2.45, 2.75) is 19.5 Å². The Morgan fingerprint density at radius 1 is 1.16 bits per heavy atom. The van der Waals surface area contributed by atoms with Crippen LogP contribution in [-0.4, -0.2) is 47.1 Å². The van der Waals surface area contributed by atoms with E-state index in [9.17, 15) is 0 Å². The minimum absolute atomic E-state index is 0.353. The quantitative estimate of drug-likeness (QED) is 0.783. The third-order valence-electron chi connectivity index (χ3n) is 4.65. The molecule has 0 spiro atoms. The smallest absolute Gasteiger partial charge is 0.0890 e. The summed E-state index contributed by atoms with van der Waals surface area (Å²) in [5, 5.41) is 10.4. The summed E-state index contributed by atoms with van der Waals surface area (Å²) in [5.74, 6) is 0. The van der Waals surface area contributed by atoms with Crippen LogP contribution < -0.4 is 16.0 Å². The van der Waals surface area contributed by atoms with Crippen molar-refractivity contribution in [1.29, 1.82) is 0 Å². The third-order valence-corrected chi connectivity index (χ3v) is 4.65. The summed E-state index contributed by atoms with van der Waals surface area (Å²) in [4.78, 5) is 11.2. The average molecular weight is 336 g/mol. The van der Waals surface area contributed by atoms with Gasteiger partial charge in [-0.15, -0.1) is 0 Å². The van der Waals surface area contributed by atoms with Gasteiger partial charge in [-0.05, 0) is 30.7 Å². The number of dihydropyridines is 1. The van der Waals surface area contributed by atoms with Crippen LogP contribution >= 0.6 is 0 Å². The van der Waals surface area contributed by atoms with E-state index in [1.54, 1.807) is 12.4 Å². The highest BCUT2D eigenvalue weighted by molar-refractivity contribution is 5.74. The van der Waals surface area contributed by atoms with E-state index in [0.717, 1.165) is 49.5 Å². The van der Waals surface area contributed by atoms with Crippen LogP contribution in [0.15, 0.2) is 54.3 Å². The molecule has 0 aliphatic carbocycles. The maximum absolute atomic E-state index is 4.39. The van der Waals surface area contributed by atoms with Gasteiger partial charge in [0.25, 0.3) is 0 Å². The molecule has 1 atom stereocenters. The highest BCUT2D eigenvalue weighted by Crippen LogP contribution is 2.19. The maximum Gasteiger partial charge on any atom is 0.0890 e. The lowest BCUT2D eigenvalue weighted by atomic mass is 10.1. The Bertz CT molecular complexity index is 806. The fourth-order valence-corrected chi connectivity index (χ4v) is 3.30. The molecule has 0 amide bonds. The molecule has 4 rings (SSSR count). The van der Waals surface area contributed by atoms with E-state index in [1.807, 2.05) is 6.07 Å². The van der Waals surface area contributed by atoms with Crippen molar-refractivity contribution in [1.82, 2.24) is 30.8 Å².